The van der Waals surface area contributed by atoms with Crippen molar-refractivity contribution in [2.45, 2.75) is 13.5 Å². The molecule has 1 N–H and O–H groups in total. The molecule has 2 aromatic carbocycles. The zero-order chi connectivity index (χ0) is 18.5. The number of aromatic nitrogens is 1. The summed E-state index contributed by atoms with van der Waals surface area (Å²) in [6, 6.07) is 13.9. The topological polar surface area (TPSA) is 81.3 Å². The van der Waals surface area contributed by atoms with Crippen molar-refractivity contribution in [2.75, 3.05) is 6.54 Å². The minimum atomic E-state index is -0.571. The summed E-state index contributed by atoms with van der Waals surface area (Å²) in [5.41, 5.74) is 2.39. The highest BCUT2D eigenvalue weighted by Crippen LogP contribution is 2.11. The zero-order valence-corrected chi connectivity index (χ0v) is 14.1. The molecule has 130 valence electrons. The molecule has 0 radical (unpaired) electrons. The maximum Gasteiger partial charge on any atom is 0.420 e. The van der Waals surface area contributed by atoms with Gasteiger partial charge in [-0.25, -0.2) is 4.79 Å². The third-order valence-electron chi connectivity index (χ3n) is 3.77. The molecule has 3 rings (SSSR count). The molecule has 0 aliphatic heterocycles. The highest BCUT2D eigenvalue weighted by Gasteiger charge is 2.11. The minimum absolute atomic E-state index is 0.00112. The van der Waals surface area contributed by atoms with Gasteiger partial charge in [0.2, 0.25) is 5.91 Å². The van der Waals surface area contributed by atoms with Crippen molar-refractivity contribution in [1.82, 2.24) is 9.88 Å². The molecule has 0 fully saturated rings. The molecule has 3 aromatic rings. The maximum atomic E-state index is 12.0. The van der Waals surface area contributed by atoms with E-state index in [0.29, 0.717) is 16.7 Å². The fourth-order valence-corrected chi connectivity index (χ4v) is 2.44. The zero-order valence-electron chi connectivity index (χ0n) is 14.1. The Kier molecular flexibility index (Phi) is 4.99. The van der Waals surface area contributed by atoms with Gasteiger partial charge in [-0.05, 0) is 31.2 Å². The maximum absolute atomic E-state index is 12.0. The number of rotatable bonds is 4. The van der Waals surface area contributed by atoms with Crippen LogP contribution in [0, 0.1) is 11.8 Å². The van der Waals surface area contributed by atoms with E-state index in [1.165, 1.54) is 11.5 Å². The van der Waals surface area contributed by atoms with Crippen LogP contribution in [0.4, 0.5) is 0 Å². The van der Waals surface area contributed by atoms with Crippen LogP contribution in [0.2, 0.25) is 0 Å². The monoisotopic (exact) mass is 348 g/mol. The van der Waals surface area contributed by atoms with Gasteiger partial charge in [0.15, 0.2) is 11.4 Å². The number of nitrogens with zero attached hydrogens (tertiary/aromatic N) is 1. The van der Waals surface area contributed by atoms with Gasteiger partial charge >= 0.3 is 5.76 Å². The standard InChI is InChI=1S/C20H16N2O4/c1-14(23)16-10-8-15(9-11-16)5-4-12-21-19(24)13-22-17-6-2-3-7-18(17)26-20(22)25/h2-3,6-11H,12-13H2,1H3,(H,21,24). The van der Waals surface area contributed by atoms with E-state index in [-0.39, 0.29) is 24.8 Å². The summed E-state index contributed by atoms with van der Waals surface area (Å²) in [5.74, 6) is 4.83. The van der Waals surface area contributed by atoms with Crippen LogP contribution in [-0.2, 0) is 11.3 Å². The fraction of sp³-hybridized carbons (Fsp3) is 0.150. The predicted octanol–water partition coefficient (Wildman–Crippen LogP) is 1.97. The number of oxazole rings is 1. The second kappa shape index (κ2) is 7.53. The summed E-state index contributed by atoms with van der Waals surface area (Å²) in [6.45, 7) is 1.52. The summed E-state index contributed by atoms with van der Waals surface area (Å²) >= 11 is 0. The van der Waals surface area contributed by atoms with Crippen molar-refractivity contribution < 1.29 is 14.0 Å². The molecule has 0 spiro atoms. The van der Waals surface area contributed by atoms with Crippen molar-refractivity contribution >= 4 is 22.8 Å². The van der Waals surface area contributed by atoms with Gasteiger partial charge in [-0.15, -0.1) is 0 Å². The number of nitrogens with one attached hydrogen (secondary N) is 1. The van der Waals surface area contributed by atoms with E-state index in [2.05, 4.69) is 17.2 Å². The van der Waals surface area contributed by atoms with Crippen LogP contribution < -0.4 is 11.1 Å². The third-order valence-corrected chi connectivity index (χ3v) is 3.77. The highest BCUT2D eigenvalue weighted by molar-refractivity contribution is 5.94. The number of hydrogen-bond acceptors (Lipinski definition) is 4. The summed E-state index contributed by atoms with van der Waals surface area (Å²) in [6.07, 6.45) is 0. The van der Waals surface area contributed by atoms with E-state index >= 15 is 0 Å². The summed E-state index contributed by atoms with van der Waals surface area (Å²) in [4.78, 5) is 35.1. The van der Waals surface area contributed by atoms with Crippen LogP contribution in [0.15, 0.2) is 57.7 Å². The lowest BCUT2D eigenvalue weighted by Gasteiger charge is -2.02. The van der Waals surface area contributed by atoms with Crippen LogP contribution >= 0.6 is 0 Å². The number of carbonyl (C=O) groups is 2. The molecule has 6 nitrogen and oxygen atoms in total. The molecule has 0 unspecified atom stereocenters. The Labute approximate surface area is 149 Å². The molecular weight excluding hydrogens is 332 g/mol. The molecule has 6 heteroatoms. The first-order valence-corrected chi connectivity index (χ1v) is 7.99. The van der Waals surface area contributed by atoms with E-state index in [4.69, 9.17) is 4.42 Å². The second-order valence-electron chi connectivity index (χ2n) is 5.63. The van der Waals surface area contributed by atoms with E-state index < -0.39 is 5.76 Å². The van der Waals surface area contributed by atoms with Gasteiger partial charge < -0.3 is 9.73 Å². The lowest BCUT2D eigenvalue weighted by Crippen LogP contribution is -2.30. The third kappa shape index (κ3) is 3.90. The Morgan fingerprint density at radius 3 is 2.58 bits per heavy atom. The van der Waals surface area contributed by atoms with Gasteiger partial charge in [-0.1, -0.05) is 36.1 Å². The first-order chi connectivity index (χ1) is 12.5. The molecule has 1 heterocycles. The number of ketones is 1. The Bertz CT molecular complexity index is 1080. The van der Waals surface area contributed by atoms with Crippen LogP contribution in [0.25, 0.3) is 11.1 Å². The SMILES string of the molecule is CC(=O)c1ccc(C#CCNC(=O)Cn2c(=O)oc3ccccc32)cc1. The van der Waals surface area contributed by atoms with Gasteiger partial charge in [0.05, 0.1) is 12.1 Å². The summed E-state index contributed by atoms with van der Waals surface area (Å²) in [7, 11) is 0. The van der Waals surface area contributed by atoms with Gasteiger partial charge in [-0.2, -0.15) is 0 Å². The van der Waals surface area contributed by atoms with Gasteiger partial charge in [0.1, 0.15) is 6.54 Å². The first kappa shape index (κ1) is 17.2. The largest absolute Gasteiger partial charge is 0.420 e. The Morgan fingerprint density at radius 2 is 1.85 bits per heavy atom. The van der Waals surface area contributed by atoms with E-state index in [0.717, 1.165) is 5.56 Å². The van der Waals surface area contributed by atoms with Crippen molar-refractivity contribution in [2.24, 2.45) is 0 Å². The van der Waals surface area contributed by atoms with Crippen LogP contribution in [0.3, 0.4) is 0 Å². The quantitative estimate of drug-likeness (QED) is 0.577. The minimum Gasteiger partial charge on any atom is -0.408 e. The molecule has 0 atom stereocenters. The number of benzene rings is 2. The second-order valence-corrected chi connectivity index (χ2v) is 5.63. The molecule has 0 saturated carbocycles. The van der Waals surface area contributed by atoms with E-state index in [9.17, 15) is 14.4 Å². The molecule has 0 aliphatic rings. The lowest BCUT2D eigenvalue weighted by atomic mass is 10.1. The summed E-state index contributed by atoms with van der Waals surface area (Å²) < 4.78 is 6.36. The number of hydrogen-bond donors (Lipinski definition) is 1. The number of carbonyl (C=O) groups excluding carboxylic acids is 2. The lowest BCUT2D eigenvalue weighted by molar-refractivity contribution is -0.121. The first-order valence-electron chi connectivity index (χ1n) is 7.99. The van der Waals surface area contributed by atoms with Crippen LogP contribution in [0.1, 0.15) is 22.8 Å². The molecular formula is C20H16N2O4. The molecule has 26 heavy (non-hydrogen) atoms. The van der Waals surface area contributed by atoms with Crippen molar-refractivity contribution in [3.8, 4) is 11.8 Å². The Balaban J connectivity index is 1.59. The van der Waals surface area contributed by atoms with Crippen LogP contribution in [0.5, 0.6) is 0 Å². The highest BCUT2D eigenvalue weighted by atomic mass is 16.4. The average Bonchev–Trinajstić information content (AvgIpc) is 2.95. The van der Waals surface area contributed by atoms with Gasteiger partial charge in [0, 0.05) is 11.1 Å². The molecule has 0 aliphatic carbocycles. The fourth-order valence-electron chi connectivity index (χ4n) is 2.44. The van der Waals surface area contributed by atoms with E-state index in [1.807, 2.05) is 0 Å². The van der Waals surface area contributed by atoms with Crippen molar-refractivity contribution in [1.29, 1.82) is 0 Å². The van der Waals surface area contributed by atoms with Crippen LogP contribution in [-0.4, -0.2) is 22.8 Å². The predicted molar refractivity (Wildman–Crippen MR) is 96.8 cm³/mol. The van der Waals surface area contributed by atoms with Gasteiger partial charge in [0.25, 0.3) is 0 Å². The molecule has 0 bridgehead atoms. The number of fused-ring (bicyclic) bond motifs is 1. The normalized spacial score (nSPS) is 10.2. The smallest absolute Gasteiger partial charge is 0.408 e. The number of amides is 1. The number of para-hydroxylation sites is 2. The molecule has 1 amide bonds. The Morgan fingerprint density at radius 1 is 1.12 bits per heavy atom. The number of Topliss-reactive ketones (excluding diaryl/α,β-unsaturated/α-hetero) is 1. The van der Waals surface area contributed by atoms with Gasteiger partial charge in [-0.3, -0.25) is 14.2 Å². The Hall–Kier alpha value is -3.59. The molecule has 0 saturated heterocycles. The van der Waals surface area contributed by atoms with Crippen molar-refractivity contribution in [3.05, 3.63) is 70.2 Å². The van der Waals surface area contributed by atoms with E-state index in [1.54, 1.807) is 48.5 Å². The summed E-state index contributed by atoms with van der Waals surface area (Å²) in [5, 5.41) is 2.64. The van der Waals surface area contributed by atoms with Crippen molar-refractivity contribution in [3.63, 3.8) is 0 Å². The average molecular weight is 348 g/mol. The molecule has 1 aromatic heterocycles.